The lowest BCUT2D eigenvalue weighted by Gasteiger charge is -2.41. The van der Waals surface area contributed by atoms with E-state index in [4.69, 9.17) is 9.47 Å². The molecule has 16 heavy (non-hydrogen) atoms. The van der Waals surface area contributed by atoms with Gasteiger partial charge in [-0.2, -0.15) is 0 Å². The maximum absolute atomic E-state index is 9.89. The van der Waals surface area contributed by atoms with E-state index in [1.165, 1.54) is 6.42 Å². The van der Waals surface area contributed by atoms with Gasteiger partial charge in [0.2, 0.25) is 0 Å². The van der Waals surface area contributed by atoms with Crippen LogP contribution in [0.25, 0.3) is 0 Å². The molecule has 4 heteroatoms. The fourth-order valence-corrected chi connectivity index (χ4v) is 3.33. The highest BCUT2D eigenvalue weighted by atomic mass is 16.7. The van der Waals surface area contributed by atoms with E-state index in [1.54, 1.807) is 0 Å². The molecule has 3 rings (SSSR count). The molecule has 1 saturated carbocycles. The predicted molar refractivity (Wildman–Crippen MR) is 59.1 cm³/mol. The third-order valence-corrected chi connectivity index (χ3v) is 4.29. The van der Waals surface area contributed by atoms with Crippen LogP contribution in [-0.4, -0.2) is 54.2 Å². The lowest BCUT2D eigenvalue weighted by Crippen LogP contribution is -2.50. The highest BCUT2D eigenvalue weighted by Gasteiger charge is 2.42. The fourth-order valence-electron chi connectivity index (χ4n) is 3.33. The van der Waals surface area contributed by atoms with Crippen molar-refractivity contribution < 1.29 is 14.6 Å². The summed E-state index contributed by atoms with van der Waals surface area (Å²) >= 11 is 0. The Balaban J connectivity index is 1.57. The van der Waals surface area contributed by atoms with Gasteiger partial charge in [0.1, 0.15) is 0 Å². The van der Waals surface area contributed by atoms with Gasteiger partial charge in [-0.1, -0.05) is 0 Å². The average Bonchev–Trinajstić information content (AvgIpc) is 2.90. The molecule has 0 bridgehead atoms. The quantitative estimate of drug-likeness (QED) is 0.717. The first-order valence-electron chi connectivity index (χ1n) is 6.49. The minimum Gasteiger partial charge on any atom is -0.391 e. The van der Waals surface area contributed by atoms with Crippen LogP contribution >= 0.6 is 0 Å². The summed E-state index contributed by atoms with van der Waals surface area (Å²) in [6, 6.07) is 0.388. The number of likely N-dealkylation sites (tertiary alicyclic amines) is 1. The van der Waals surface area contributed by atoms with E-state index >= 15 is 0 Å². The Kier molecular flexibility index (Phi) is 2.92. The molecule has 3 fully saturated rings. The summed E-state index contributed by atoms with van der Waals surface area (Å²) in [5.41, 5.74) is 0. The molecule has 92 valence electrons. The first-order chi connectivity index (χ1) is 7.79. The number of aliphatic hydroxyl groups is 1. The molecular formula is C12H21NO3. The van der Waals surface area contributed by atoms with Crippen molar-refractivity contribution in [2.75, 3.05) is 26.3 Å². The second-order valence-corrected chi connectivity index (χ2v) is 5.21. The zero-order valence-electron chi connectivity index (χ0n) is 9.73. The first kappa shape index (κ1) is 11.0. The second-order valence-electron chi connectivity index (χ2n) is 5.21. The standard InChI is InChI=1S/C12H21NO3/c14-11-3-1-2-10(11)13-6-4-12(5-7-13)15-8-9-16-12/h10-11,14H,1-9H2/t10-,11-/m1/s1. The lowest BCUT2D eigenvalue weighted by molar-refractivity contribution is -0.189. The number of hydrogen-bond acceptors (Lipinski definition) is 4. The Bertz CT molecular complexity index is 243. The molecule has 2 heterocycles. The van der Waals surface area contributed by atoms with E-state index in [9.17, 15) is 5.11 Å². The Morgan fingerprint density at radius 1 is 1.06 bits per heavy atom. The van der Waals surface area contributed by atoms with Crippen molar-refractivity contribution in [3.63, 3.8) is 0 Å². The molecule has 0 aromatic carbocycles. The summed E-state index contributed by atoms with van der Waals surface area (Å²) in [6.45, 7) is 3.49. The normalized spacial score (nSPS) is 39.6. The van der Waals surface area contributed by atoms with Crippen LogP contribution in [-0.2, 0) is 9.47 Å². The molecule has 0 unspecified atom stereocenters. The van der Waals surface area contributed by atoms with Gasteiger partial charge in [0, 0.05) is 32.0 Å². The molecule has 1 N–H and O–H groups in total. The minimum atomic E-state index is -0.278. The third-order valence-electron chi connectivity index (χ3n) is 4.29. The molecule has 0 aromatic rings. The topological polar surface area (TPSA) is 41.9 Å². The van der Waals surface area contributed by atoms with E-state index < -0.39 is 0 Å². The highest BCUT2D eigenvalue weighted by Crippen LogP contribution is 2.34. The number of hydrogen-bond donors (Lipinski definition) is 1. The van der Waals surface area contributed by atoms with Gasteiger partial charge in [-0.15, -0.1) is 0 Å². The van der Waals surface area contributed by atoms with Crippen LogP contribution in [0.4, 0.5) is 0 Å². The number of piperidine rings is 1. The highest BCUT2D eigenvalue weighted by molar-refractivity contribution is 4.90. The van der Waals surface area contributed by atoms with E-state index in [0.717, 1.165) is 52.0 Å². The third kappa shape index (κ3) is 1.88. The van der Waals surface area contributed by atoms with Gasteiger partial charge in [0.25, 0.3) is 0 Å². The van der Waals surface area contributed by atoms with Crippen molar-refractivity contribution in [3.8, 4) is 0 Å². The van der Waals surface area contributed by atoms with E-state index in [2.05, 4.69) is 4.90 Å². The number of nitrogens with zero attached hydrogens (tertiary/aromatic N) is 1. The fraction of sp³-hybridized carbons (Fsp3) is 1.00. The van der Waals surface area contributed by atoms with Crippen LogP contribution in [0.5, 0.6) is 0 Å². The Labute approximate surface area is 96.5 Å². The molecule has 1 aliphatic carbocycles. The summed E-state index contributed by atoms with van der Waals surface area (Å²) in [5, 5.41) is 9.89. The van der Waals surface area contributed by atoms with Crippen molar-refractivity contribution in [3.05, 3.63) is 0 Å². The predicted octanol–water partition coefficient (Wildman–Crippen LogP) is 0.739. The maximum atomic E-state index is 9.89. The van der Waals surface area contributed by atoms with Gasteiger partial charge >= 0.3 is 0 Å². The molecule has 2 aliphatic heterocycles. The molecule has 4 nitrogen and oxygen atoms in total. The van der Waals surface area contributed by atoms with Crippen LogP contribution in [0.3, 0.4) is 0 Å². The molecule has 1 spiro atoms. The number of aliphatic hydroxyl groups excluding tert-OH is 1. The molecule has 0 aromatic heterocycles. The largest absolute Gasteiger partial charge is 0.391 e. The first-order valence-corrected chi connectivity index (χ1v) is 6.49. The molecule has 2 saturated heterocycles. The molecule has 3 aliphatic rings. The Hall–Kier alpha value is -0.160. The molecular weight excluding hydrogens is 206 g/mol. The van der Waals surface area contributed by atoms with Crippen LogP contribution < -0.4 is 0 Å². The van der Waals surface area contributed by atoms with Crippen LogP contribution in [0.1, 0.15) is 32.1 Å². The Morgan fingerprint density at radius 2 is 1.75 bits per heavy atom. The van der Waals surface area contributed by atoms with E-state index in [0.29, 0.717) is 6.04 Å². The van der Waals surface area contributed by atoms with Gasteiger partial charge in [-0.3, -0.25) is 4.90 Å². The van der Waals surface area contributed by atoms with Gasteiger partial charge in [0.15, 0.2) is 5.79 Å². The maximum Gasteiger partial charge on any atom is 0.170 e. The summed E-state index contributed by atoms with van der Waals surface area (Å²) in [6.07, 6.45) is 5.08. The van der Waals surface area contributed by atoms with Crippen molar-refractivity contribution >= 4 is 0 Å². The Morgan fingerprint density at radius 3 is 2.31 bits per heavy atom. The van der Waals surface area contributed by atoms with Gasteiger partial charge in [-0.25, -0.2) is 0 Å². The summed E-state index contributed by atoms with van der Waals surface area (Å²) in [4.78, 5) is 2.42. The van der Waals surface area contributed by atoms with E-state index in [1.807, 2.05) is 0 Å². The van der Waals surface area contributed by atoms with Crippen molar-refractivity contribution in [2.24, 2.45) is 0 Å². The van der Waals surface area contributed by atoms with Crippen LogP contribution in [0.2, 0.25) is 0 Å². The summed E-state index contributed by atoms with van der Waals surface area (Å²) in [5.74, 6) is -0.278. The monoisotopic (exact) mass is 227 g/mol. The van der Waals surface area contributed by atoms with Crippen LogP contribution in [0, 0.1) is 0 Å². The van der Waals surface area contributed by atoms with Crippen molar-refractivity contribution in [1.29, 1.82) is 0 Å². The zero-order chi connectivity index (χ0) is 11.0. The summed E-state index contributed by atoms with van der Waals surface area (Å²) in [7, 11) is 0. The SMILES string of the molecule is O[C@@H]1CCC[C@H]1N1CCC2(CC1)OCCO2. The van der Waals surface area contributed by atoms with Crippen molar-refractivity contribution in [1.82, 2.24) is 4.90 Å². The smallest absolute Gasteiger partial charge is 0.170 e. The van der Waals surface area contributed by atoms with Crippen LogP contribution in [0.15, 0.2) is 0 Å². The molecule has 2 atom stereocenters. The number of ether oxygens (including phenoxy) is 2. The minimum absolute atomic E-state index is 0.112. The van der Waals surface area contributed by atoms with Gasteiger partial charge in [0.05, 0.1) is 19.3 Å². The average molecular weight is 227 g/mol. The van der Waals surface area contributed by atoms with Crippen molar-refractivity contribution in [2.45, 2.75) is 50.0 Å². The molecule has 0 radical (unpaired) electrons. The zero-order valence-corrected chi connectivity index (χ0v) is 9.73. The molecule has 0 amide bonds. The summed E-state index contributed by atoms with van der Waals surface area (Å²) < 4.78 is 11.4. The van der Waals surface area contributed by atoms with E-state index in [-0.39, 0.29) is 11.9 Å². The lowest BCUT2D eigenvalue weighted by atomic mass is 10.0. The van der Waals surface area contributed by atoms with Gasteiger partial charge < -0.3 is 14.6 Å². The number of rotatable bonds is 1. The second kappa shape index (κ2) is 4.26. The van der Waals surface area contributed by atoms with Gasteiger partial charge in [-0.05, 0) is 19.3 Å².